The second kappa shape index (κ2) is 12.4. The predicted molar refractivity (Wildman–Crippen MR) is 149 cm³/mol. The monoisotopic (exact) mass is 574 g/mol. The average Bonchev–Trinajstić information content (AvgIpc) is 3.64. The average molecular weight is 575 g/mol. The summed E-state index contributed by atoms with van der Waals surface area (Å²) < 4.78 is 1.69. The summed E-state index contributed by atoms with van der Waals surface area (Å²) in [5.74, 6) is -1.06. The quantitative estimate of drug-likeness (QED) is 0.132. The molecule has 3 aromatic heterocycles. The largest absolute Gasteiger partial charge is 0.370 e. The van der Waals surface area contributed by atoms with Gasteiger partial charge in [-0.05, 0) is 37.8 Å². The summed E-state index contributed by atoms with van der Waals surface area (Å²) in [4.78, 5) is 53.2. The van der Waals surface area contributed by atoms with Gasteiger partial charge in [0.15, 0.2) is 5.96 Å². The number of pyridine rings is 1. The molecular formula is C24H31ClN10O3S. The van der Waals surface area contributed by atoms with Crippen molar-refractivity contribution in [2.45, 2.75) is 43.8 Å². The standard InChI is InChI=1S/C24H31ClN10O3S/c1-29-20(36)15(4-2-3-7-30-24(27)28)32-21(37)17-12-39-22(33-17)18-8-14(26)10-35(18)23(38)16-11-34-9-13(25)5-6-19(34)31-16/h5-6,9,11-12,14-15,18H,2-4,7-8,10,26H2,1H3,(H,29,36)(H,32,37)(H4,27,28,30)/t14-,15+,18+/m0/s1. The molecule has 1 aliphatic rings. The van der Waals surface area contributed by atoms with Crippen LogP contribution in [0.25, 0.3) is 5.65 Å². The number of hydrogen-bond donors (Lipinski definition) is 5. The molecule has 0 bridgehead atoms. The topological polar surface area (TPSA) is 199 Å². The van der Waals surface area contributed by atoms with Crippen LogP contribution in [0.1, 0.15) is 57.7 Å². The molecule has 0 aliphatic carbocycles. The first-order chi connectivity index (χ1) is 18.7. The molecule has 1 aliphatic heterocycles. The van der Waals surface area contributed by atoms with Crippen LogP contribution in [0.4, 0.5) is 0 Å². The SMILES string of the molecule is CNC(=O)[C@@H](CCCCN=C(N)N)NC(=O)c1csc([C@H]2C[C@H](N)CN2C(=O)c2cn3cc(Cl)ccc3n2)n1. The minimum absolute atomic E-state index is 0.0113. The molecule has 8 N–H and O–H groups in total. The van der Waals surface area contributed by atoms with E-state index in [1.54, 1.807) is 39.2 Å². The fraction of sp³-hybridized carbons (Fsp3) is 0.417. The van der Waals surface area contributed by atoms with Crippen LogP contribution in [0.2, 0.25) is 5.02 Å². The Labute approximate surface area is 233 Å². The van der Waals surface area contributed by atoms with Gasteiger partial charge in [-0.3, -0.25) is 19.4 Å². The molecule has 0 spiro atoms. The Bertz CT molecular complexity index is 1390. The van der Waals surface area contributed by atoms with E-state index in [2.05, 4.69) is 25.6 Å². The van der Waals surface area contributed by atoms with Gasteiger partial charge in [0, 0.05) is 44.0 Å². The molecule has 1 fully saturated rings. The summed E-state index contributed by atoms with van der Waals surface area (Å²) in [6, 6.07) is 2.04. The lowest BCUT2D eigenvalue weighted by atomic mass is 10.1. The number of carbonyl (C=O) groups excluding carboxylic acids is 3. The Morgan fingerprint density at radius 3 is 2.74 bits per heavy atom. The number of nitrogens with two attached hydrogens (primary N) is 3. The van der Waals surface area contributed by atoms with E-state index < -0.39 is 18.0 Å². The van der Waals surface area contributed by atoms with E-state index in [9.17, 15) is 14.4 Å². The second-order valence-corrected chi connectivity index (χ2v) is 10.5. The zero-order chi connectivity index (χ0) is 28.1. The number of unbranched alkanes of at least 4 members (excludes halogenated alkanes) is 1. The Hall–Kier alpha value is -3.75. The van der Waals surface area contributed by atoms with E-state index >= 15 is 0 Å². The summed E-state index contributed by atoms with van der Waals surface area (Å²) in [6.45, 7) is 0.769. The summed E-state index contributed by atoms with van der Waals surface area (Å²) in [6.07, 6.45) is 5.50. The number of nitrogens with one attached hydrogen (secondary N) is 2. The number of fused-ring (bicyclic) bond motifs is 1. The number of amides is 3. The van der Waals surface area contributed by atoms with Crippen molar-refractivity contribution >= 4 is 52.3 Å². The van der Waals surface area contributed by atoms with Crippen molar-refractivity contribution in [3.05, 3.63) is 51.3 Å². The van der Waals surface area contributed by atoms with Gasteiger partial charge in [0.1, 0.15) is 28.1 Å². The van der Waals surface area contributed by atoms with Crippen LogP contribution in [-0.2, 0) is 4.79 Å². The molecule has 3 amide bonds. The molecular weight excluding hydrogens is 544 g/mol. The third-order valence-electron chi connectivity index (χ3n) is 6.33. The number of guanidine groups is 1. The van der Waals surface area contributed by atoms with Crippen LogP contribution in [0, 0.1) is 0 Å². The first-order valence-corrected chi connectivity index (χ1v) is 13.7. The number of likely N-dealkylation sites (tertiary alicyclic amines) is 1. The maximum absolute atomic E-state index is 13.4. The number of carbonyl (C=O) groups is 3. The van der Waals surface area contributed by atoms with E-state index in [1.807, 2.05) is 0 Å². The van der Waals surface area contributed by atoms with Gasteiger partial charge < -0.3 is 37.1 Å². The number of nitrogens with zero attached hydrogens (tertiary/aromatic N) is 5. The number of aliphatic imine (C=N–C) groups is 1. The molecule has 15 heteroatoms. The number of rotatable bonds is 10. The number of aromatic nitrogens is 3. The maximum Gasteiger partial charge on any atom is 0.274 e. The van der Waals surface area contributed by atoms with Crippen molar-refractivity contribution < 1.29 is 14.4 Å². The van der Waals surface area contributed by atoms with E-state index in [0.29, 0.717) is 54.5 Å². The van der Waals surface area contributed by atoms with Gasteiger partial charge in [0.2, 0.25) is 5.91 Å². The lowest BCUT2D eigenvalue weighted by Gasteiger charge is -2.22. The molecule has 0 radical (unpaired) electrons. The summed E-state index contributed by atoms with van der Waals surface area (Å²) in [7, 11) is 1.51. The van der Waals surface area contributed by atoms with Crippen LogP contribution < -0.4 is 27.8 Å². The zero-order valence-corrected chi connectivity index (χ0v) is 22.9. The van der Waals surface area contributed by atoms with Crippen molar-refractivity contribution in [1.29, 1.82) is 0 Å². The highest BCUT2D eigenvalue weighted by molar-refractivity contribution is 7.09. The summed E-state index contributed by atoms with van der Waals surface area (Å²) >= 11 is 7.32. The summed E-state index contributed by atoms with van der Waals surface area (Å²) in [5, 5.41) is 8.05. The normalized spacial score (nSPS) is 17.7. The van der Waals surface area contributed by atoms with Gasteiger partial charge in [-0.1, -0.05) is 11.6 Å². The number of likely N-dealkylation sites (N-methyl/N-ethyl adjacent to an activating group) is 1. The van der Waals surface area contributed by atoms with Crippen molar-refractivity contribution in [1.82, 2.24) is 29.9 Å². The minimum Gasteiger partial charge on any atom is -0.370 e. The molecule has 3 atom stereocenters. The lowest BCUT2D eigenvalue weighted by molar-refractivity contribution is -0.122. The van der Waals surface area contributed by atoms with Crippen molar-refractivity contribution in [3.63, 3.8) is 0 Å². The molecule has 0 saturated carbocycles. The van der Waals surface area contributed by atoms with Crippen molar-refractivity contribution in [2.24, 2.45) is 22.2 Å². The van der Waals surface area contributed by atoms with E-state index in [4.69, 9.17) is 28.8 Å². The molecule has 1 saturated heterocycles. The maximum atomic E-state index is 13.4. The molecule has 39 heavy (non-hydrogen) atoms. The van der Waals surface area contributed by atoms with Gasteiger partial charge in [-0.25, -0.2) is 9.97 Å². The van der Waals surface area contributed by atoms with Crippen molar-refractivity contribution in [2.75, 3.05) is 20.1 Å². The molecule has 208 valence electrons. The number of halogens is 1. The highest BCUT2D eigenvalue weighted by Gasteiger charge is 2.38. The fourth-order valence-electron chi connectivity index (χ4n) is 4.43. The fourth-order valence-corrected chi connectivity index (χ4v) is 5.52. The third-order valence-corrected chi connectivity index (χ3v) is 7.50. The summed E-state index contributed by atoms with van der Waals surface area (Å²) in [5.41, 5.74) is 17.9. The van der Waals surface area contributed by atoms with Gasteiger partial charge in [0.05, 0.1) is 11.1 Å². The predicted octanol–water partition coefficient (Wildman–Crippen LogP) is 0.647. The zero-order valence-electron chi connectivity index (χ0n) is 21.3. The second-order valence-electron chi connectivity index (χ2n) is 9.22. The molecule has 0 unspecified atom stereocenters. The minimum atomic E-state index is -0.742. The molecule has 4 heterocycles. The van der Waals surface area contributed by atoms with Gasteiger partial charge in [-0.15, -0.1) is 11.3 Å². The van der Waals surface area contributed by atoms with E-state index in [1.165, 1.54) is 18.4 Å². The Morgan fingerprint density at radius 1 is 1.21 bits per heavy atom. The number of thiazole rings is 1. The van der Waals surface area contributed by atoms with E-state index in [0.717, 1.165) is 0 Å². The van der Waals surface area contributed by atoms with Crippen LogP contribution in [0.5, 0.6) is 0 Å². The van der Waals surface area contributed by atoms with E-state index in [-0.39, 0.29) is 35.2 Å². The lowest BCUT2D eigenvalue weighted by Crippen LogP contribution is -2.45. The molecule has 3 aromatic rings. The third kappa shape index (κ3) is 6.82. The first-order valence-electron chi connectivity index (χ1n) is 12.4. The Kier molecular flexibility index (Phi) is 8.99. The molecule has 13 nitrogen and oxygen atoms in total. The van der Waals surface area contributed by atoms with Crippen LogP contribution >= 0.6 is 22.9 Å². The molecule has 4 rings (SSSR count). The van der Waals surface area contributed by atoms with Crippen LogP contribution in [-0.4, -0.2) is 75.2 Å². The Morgan fingerprint density at radius 2 is 2.00 bits per heavy atom. The Balaban J connectivity index is 1.44. The molecule has 0 aromatic carbocycles. The highest BCUT2D eigenvalue weighted by atomic mass is 35.5. The number of imidazole rings is 1. The van der Waals surface area contributed by atoms with Crippen LogP contribution in [0.15, 0.2) is 34.9 Å². The van der Waals surface area contributed by atoms with Gasteiger partial charge in [-0.2, -0.15) is 0 Å². The first kappa shape index (κ1) is 28.3. The smallest absolute Gasteiger partial charge is 0.274 e. The number of hydrogen-bond acceptors (Lipinski definition) is 8. The van der Waals surface area contributed by atoms with Gasteiger partial charge >= 0.3 is 0 Å². The highest BCUT2D eigenvalue weighted by Crippen LogP contribution is 2.34. The van der Waals surface area contributed by atoms with Crippen molar-refractivity contribution in [3.8, 4) is 0 Å². The van der Waals surface area contributed by atoms with Crippen LogP contribution in [0.3, 0.4) is 0 Å². The van der Waals surface area contributed by atoms with Gasteiger partial charge in [0.25, 0.3) is 11.8 Å².